The Morgan fingerprint density at radius 1 is 1.07 bits per heavy atom. The van der Waals surface area contributed by atoms with Crippen molar-refractivity contribution in [1.29, 1.82) is 0 Å². The minimum Gasteiger partial charge on any atom is -0.341 e. The van der Waals surface area contributed by atoms with Crippen molar-refractivity contribution in [1.82, 2.24) is 19.7 Å². The van der Waals surface area contributed by atoms with Gasteiger partial charge in [-0.05, 0) is 25.5 Å². The van der Waals surface area contributed by atoms with Crippen LogP contribution < -0.4 is 0 Å². The van der Waals surface area contributed by atoms with E-state index in [4.69, 9.17) is 0 Å². The number of aromatic nitrogens is 1. The van der Waals surface area contributed by atoms with E-state index in [2.05, 4.69) is 15.3 Å². The molecule has 1 fully saturated rings. The Hall–Kier alpha value is -2.58. The van der Waals surface area contributed by atoms with Crippen LogP contribution in [-0.2, 0) is 11.3 Å². The van der Waals surface area contributed by atoms with Crippen LogP contribution in [0.3, 0.4) is 0 Å². The molecule has 3 heterocycles. The number of thiazole rings is 1. The molecular formula is C21H24N4O3S. The molecule has 29 heavy (non-hydrogen) atoms. The fraction of sp³-hybridized carbons (Fsp3) is 0.429. The van der Waals surface area contributed by atoms with E-state index in [-0.39, 0.29) is 30.7 Å². The normalized spacial score (nSPS) is 17.6. The van der Waals surface area contributed by atoms with E-state index in [0.717, 1.165) is 36.8 Å². The minimum absolute atomic E-state index is 0.00657. The van der Waals surface area contributed by atoms with Crippen LogP contribution in [0.25, 0.3) is 0 Å². The van der Waals surface area contributed by atoms with Gasteiger partial charge in [0.15, 0.2) is 0 Å². The Balaban J connectivity index is 1.29. The lowest BCUT2D eigenvalue weighted by molar-refractivity contribution is -0.131. The lowest BCUT2D eigenvalue weighted by Crippen LogP contribution is -2.38. The smallest absolute Gasteiger partial charge is 0.261 e. The van der Waals surface area contributed by atoms with Crippen molar-refractivity contribution < 1.29 is 14.4 Å². The molecule has 152 valence electrons. The molecule has 0 aliphatic carbocycles. The van der Waals surface area contributed by atoms with E-state index < -0.39 is 0 Å². The van der Waals surface area contributed by atoms with Crippen LogP contribution in [-0.4, -0.2) is 70.1 Å². The van der Waals surface area contributed by atoms with Gasteiger partial charge in [0.25, 0.3) is 11.8 Å². The van der Waals surface area contributed by atoms with Crippen molar-refractivity contribution >= 4 is 29.1 Å². The Kier molecular flexibility index (Phi) is 5.73. The zero-order chi connectivity index (χ0) is 20.4. The standard InChI is InChI=1S/C21H24N4O3S/c1-15-22-16(14-29-15)13-23-8-4-9-24(12-11-23)19(26)7-10-25-20(27)17-5-2-3-6-18(17)21(25)28/h2-3,5-6,14H,4,7-13H2,1H3. The molecule has 2 aliphatic heterocycles. The topological polar surface area (TPSA) is 73.8 Å². The van der Waals surface area contributed by atoms with Crippen LogP contribution >= 0.6 is 11.3 Å². The summed E-state index contributed by atoms with van der Waals surface area (Å²) in [6.07, 6.45) is 1.07. The van der Waals surface area contributed by atoms with Crippen LogP contribution in [0, 0.1) is 6.92 Å². The van der Waals surface area contributed by atoms with E-state index in [1.165, 1.54) is 4.90 Å². The summed E-state index contributed by atoms with van der Waals surface area (Å²) >= 11 is 1.66. The zero-order valence-electron chi connectivity index (χ0n) is 16.5. The number of hydrogen-bond acceptors (Lipinski definition) is 6. The van der Waals surface area contributed by atoms with Gasteiger partial charge in [-0.3, -0.25) is 24.2 Å². The van der Waals surface area contributed by atoms with Gasteiger partial charge in [-0.2, -0.15) is 0 Å². The average Bonchev–Trinajstić information content (AvgIpc) is 3.12. The molecule has 0 unspecified atom stereocenters. The third-order valence-corrected chi connectivity index (χ3v) is 6.24. The van der Waals surface area contributed by atoms with Crippen LogP contribution in [0.2, 0.25) is 0 Å². The summed E-state index contributed by atoms with van der Waals surface area (Å²) in [4.78, 5) is 47.5. The SMILES string of the molecule is Cc1nc(CN2CCCN(C(=O)CCN3C(=O)c4ccccc4C3=O)CC2)cs1. The molecule has 1 aromatic carbocycles. The van der Waals surface area contributed by atoms with E-state index in [1.54, 1.807) is 35.6 Å². The molecule has 3 amide bonds. The van der Waals surface area contributed by atoms with Crippen molar-refractivity contribution in [3.8, 4) is 0 Å². The van der Waals surface area contributed by atoms with Crippen molar-refractivity contribution in [2.24, 2.45) is 0 Å². The number of nitrogens with zero attached hydrogens (tertiary/aromatic N) is 4. The first-order chi connectivity index (χ1) is 14.0. The van der Waals surface area contributed by atoms with Crippen LogP contribution in [0.1, 0.15) is 44.3 Å². The van der Waals surface area contributed by atoms with Gasteiger partial charge in [0.05, 0.1) is 21.8 Å². The molecule has 0 spiro atoms. The highest BCUT2D eigenvalue weighted by Crippen LogP contribution is 2.22. The molecule has 7 nitrogen and oxygen atoms in total. The third-order valence-electron chi connectivity index (χ3n) is 5.42. The number of carbonyl (C=O) groups is 3. The molecule has 2 aromatic rings. The predicted octanol–water partition coefficient (Wildman–Crippen LogP) is 2.17. The molecule has 2 aliphatic rings. The second-order valence-corrected chi connectivity index (χ2v) is 8.49. The van der Waals surface area contributed by atoms with E-state index in [9.17, 15) is 14.4 Å². The number of imide groups is 1. The summed E-state index contributed by atoms with van der Waals surface area (Å²) in [7, 11) is 0. The first kappa shape index (κ1) is 19.7. The second-order valence-electron chi connectivity index (χ2n) is 7.43. The van der Waals surface area contributed by atoms with Crippen LogP contribution in [0.15, 0.2) is 29.6 Å². The molecule has 1 aromatic heterocycles. The van der Waals surface area contributed by atoms with Crippen molar-refractivity contribution in [3.05, 3.63) is 51.5 Å². The summed E-state index contributed by atoms with van der Waals surface area (Å²) in [5, 5.41) is 3.16. The Bertz CT molecular complexity index is 907. The summed E-state index contributed by atoms with van der Waals surface area (Å²) in [5.41, 5.74) is 1.93. The molecule has 1 saturated heterocycles. The summed E-state index contributed by atoms with van der Waals surface area (Å²) in [6, 6.07) is 6.80. The van der Waals surface area contributed by atoms with Gasteiger partial charge in [-0.1, -0.05) is 12.1 Å². The monoisotopic (exact) mass is 412 g/mol. The summed E-state index contributed by atoms with van der Waals surface area (Å²) < 4.78 is 0. The molecule has 0 radical (unpaired) electrons. The number of benzene rings is 1. The molecular weight excluding hydrogens is 388 g/mol. The molecule has 4 rings (SSSR count). The average molecular weight is 413 g/mol. The maximum absolute atomic E-state index is 12.7. The first-order valence-corrected chi connectivity index (χ1v) is 10.8. The highest BCUT2D eigenvalue weighted by Gasteiger charge is 2.35. The fourth-order valence-corrected chi connectivity index (χ4v) is 4.50. The van der Waals surface area contributed by atoms with Crippen molar-refractivity contribution in [3.63, 3.8) is 0 Å². The van der Waals surface area contributed by atoms with Gasteiger partial charge < -0.3 is 4.90 Å². The number of carbonyl (C=O) groups excluding carboxylic acids is 3. The molecule has 0 N–H and O–H groups in total. The number of hydrogen-bond donors (Lipinski definition) is 0. The number of aryl methyl sites for hydroxylation is 1. The lowest BCUT2D eigenvalue weighted by atomic mass is 10.1. The molecule has 0 bridgehead atoms. The van der Waals surface area contributed by atoms with Crippen molar-refractivity contribution in [2.75, 3.05) is 32.7 Å². The lowest BCUT2D eigenvalue weighted by Gasteiger charge is -2.22. The van der Waals surface area contributed by atoms with E-state index >= 15 is 0 Å². The van der Waals surface area contributed by atoms with Gasteiger partial charge in [-0.25, -0.2) is 4.98 Å². The predicted molar refractivity (Wildman–Crippen MR) is 110 cm³/mol. The highest BCUT2D eigenvalue weighted by atomic mass is 32.1. The number of amides is 3. The number of rotatable bonds is 5. The maximum atomic E-state index is 12.7. The van der Waals surface area contributed by atoms with E-state index in [1.807, 2.05) is 11.8 Å². The van der Waals surface area contributed by atoms with Gasteiger partial charge >= 0.3 is 0 Å². The minimum atomic E-state index is -0.306. The Labute approximate surface area is 173 Å². The Morgan fingerprint density at radius 2 is 1.79 bits per heavy atom. The highest BCUT2D eigenvalue weighted by molar-refractivity contribution is 7.09. The van der Waals surface area contributed by atoms with Gasteiger partial charge in [0, 0.05) is 51.1 Å². The largest absolute Gasteiger partial charge is 0.341 e. The van der Waals surface area contributed by atoms with Crippen LogP contribution in [0.4, 0.5) is 0 Å². The third kappa shape index (κ3) is 4.23. The van der Waals surface area contributed by atoms with Gasteiger partial charge in [0.2, 0.25) is 5.91 Å². The molecule has 0 atom stereocenters. The van der Waals surface area contributed by atoms with Gasteiger partial charge in [0.1, 0.15) is 0 Å². The van der Waals surface area contributed by atoms with Crippen LogP contribution in [0.5, 0.6) is 0 Å². The van der Waals surface area contributed by atoms with Crippen molar-refractivity contribution in [2.45, 2.75) is 26.3 Å². The first-order valence-electron chi connectivity index (χ1n) is 9.89. The quantitative estimate of drug-likeness (QED) is 0.704. The van der Waals surface area contributed by atoms with Gasteiger partial charge in [-0.15, -0.1) is 11.3 Å². The zero-order valence-corrected chi connectivity index (χ0v) is 17.3. The molecule has 8 heteroatoms. The number of fused-ring (bicyclic) bond motifs is 1. The summed E-state index contributed by atoms with van der Waals surface area (Å²) in [6.45, 7) is 6.03. The Morgan fingerprint density at radius 3 is 2.45 bits per heavy atom. The van der Waals surface area contributed by atoms with E-state index in [0.29, 0.717) is 24.2 Å². The fourth-order valence-electron chi connectivity index (χ4n) is 3.90. The second kappa shape index (κ2) is 8.42. The maximum Gasteiger partial charge on any atom is 0.261 e. The summed E-state index contributed by atoms with van der Waals surface area (Å²) in [5.74, 6) is -0.620. The molecule has 0 saturated carbocycles.